The van der Waals surface area contributed by atoms with Crippen LogP contribution in [0, 0.1) is 0 Å². The van der Waals surface area contributed by atoms with Crippen LogP contribution in [0.15, 0.2) is 12.1 Å². The first-order valence-corrected chi connectivity index (χ1v) is 5.27. The Bertz CT molecular complexity index is 478. The van der Waals surface area contributed by atoms with Gasteiger partial charge < -0.3 is 14.2 Å². The van der Waals surface area contributed by atoms with E-state index in [1.807, 2.05) is 0 Å². The minimum Gasteiger partial charge on any atom is -0.454 e. The molecule has 5 nitrogen and oxygen atoms in total. The molecular formula is C12H12O5. The number of ether oxygens (including phenoxy) is 3. The molecule has 0 amide bonds. The third kappa shape index (κ3) is 2.22. The second-order valence-electron chi connectivity index (χ2n) is 3.57. The van der Waals surface area contributed by atoms with E-state index in [-0.39, 0.29) is 18.3 Å². The van der Waals surface area contributed by atoms with Crippen LogP contribution in [0.4, 0.5) is 0 Å². The lowest BCUT2D eigenvalue weighted by Crippen LogP contribution is -2.07. The second kappa shape index (κ2) is 4.45. The average Bonchev–Trinajstić information content (AvgIpc) is 2.73. The van der Waals surface area contributed by atoms with E-state index >= 15 is 0 Å². The zero-order chi connectivity index (χ0) is 12.4. The van der Waals surface area contributed by atoms with Crippen molar-refractivity contribution in [2.45, 2.75) is 20.3 Å². The Morgan fingerprint density at radius 2 is 1.94 bits per heavy atom. The molecule has 0 radical (unpaired) electrons. The molecule has 0 fully saturated rings. The number of rotatable bonds is 3. The van der Waals surface area contributed by atoms with E-state index in [1.165, 1.54) is 13.0 Å². The van der Waals surface area contributed by atoms with Crippen LogP contribution in [-0.2, 0) is 4.79 Å². The largest absolute Gasteiger partial charge is 0.454 e. The molecule has 0 saturated heterocycles. The summed E-state index contributed by atoms with van der Waals surface area (Å²) in [5.74, 6) is 0.605. The average molecular weight is 236 g/mol. The van der Waals surface area contributed by atoms with Crippen LogP contribution in [0.25, 0.3) is 0 Å². The predicted molar refractivity (Wildman–Crippen MR) is 58.5 cm³/mol. The summed E-state index contributed by atoms with van der Waals surface area (Å²) in [6.45, 7) is 3.13. The molecule has 1 aromatic rings. The van der Waals surface area contributed by atoms with Gasteiger partial charge in [-0.1, -0.05) is 6.92 Å². The maximum Gasteiger partial charge on any atom is 0.308 e. The monoisotopic (exact) mass is 236 g/mol. The van der Waals surface area contributed by atoms with Gasteiger partial charge in [0.1, 0.15) is 5.75 Å². The van der Waals surface area contributed by atoms with Crippen LogP contribution in [0.2, 0.25) is 0 Å². The summed E-state index contributed by atoms with van der Waals surface area (Å²) in [4.78, 5) is 22.7. The molecule has 0 unspecified atom stereocenters. The molecule has 0 saturated carbocycles. The second-order valence-corrected chi connectivity index (χ2v) is 3.57. The van der Waals surface area contributed by atoms with Gasteiger partial charge in [-0.25, -0.2) is 0 Å². The van der Waals surface area contributed by atoms with Gasteiger partial charge in [0.2, 0.25) is 6.79 Å². The number of carbonyl (C=O) groups is 2. The fraction of sp³-hybridized carbons (Fsp3) is 0.333. The first kappa shape index (κ1) is 11.4. The maximum atomic E-state index is 11.7. The molecule has 0 N–H and O–H groups in total. The molecule has 0 spiro atoms. The van der Waals surface area contributed by atoms with E-state index in [2.05, 4.69) is 0 Å². The summed E-state index contributed by atoms with van der Waals surface area (Å²) in [7, 11) is 0. The molecule has 0 aliphatic carbocycles. The number of fused-ring (bicyclic) bond motifs is 1. The van der Waals surface area contributed by atoms with E-state index in [0.29, 0.717) is 23.5 Å². The van der Waals surface area contributed by atoms with Gasteiger partial charge in [0.25, 0.3) is 0 Å². The molecule has 0 atom stereocenters. The van der Waals surface area contributed by atoms with E-state index in [9.17, 15) is 9.59 Å². The van der Waals surface area contributed by atoms with Gasteiger partial charge >= 0.3 is 5.97 Å². The molecule has 1 aliphatic rings. The number of ketones is 1. The highest BCUT2D eigenvalue weighted by molar-refractivity contribution is 5.99. The topological polar surface area (TPSA) is 61.8 Å². The minimum atomic E-state index is -0.478. The normalized spacial score (nSPS) is 12.4. The predicted octanol–water partition coefficient (Wildman–Crippen LogP) is 1.93. The Morgan fingerprint density at radius 1 is 1.29 bits per heavy atom. The Hall–Kier alpha value is -2.04. The lowest BCUT2D eigenvalue weighted by atomic mass is 10.1. The summed E-state index contributed by atoms with van der Waals surface area (Å²) >= 11 is 0. The van der Waals surface area contributed by atoms with Crippen LogP contribution in [0.5, 0.6) is 17.2 Å². The minimum absolute atomic E-state index is 0.110. The van der Waals surface area contributed by atoms with Crippen molar-refractivity contribution in [3.8, 4) is 17.2 Å². The molecule has 90 valence electrons. The van der Waals surface area contributed by atoms with Crippen molar-refractivity contribution in [1.29, 1.82) is 0 Å². The fourth-order valence-electron chi connectivity index (χ4n) is 1.57. The number of hydrogen-bond acceptors (Lipinski definition) is 5. The van der Waals surface area contributed by atoms with Crippen LogP contribution in [-0.4, -0.2) is 18.5 Å². The maximum absolute atomic E-state index is 11.7. The molecule has 1 aromatic carbocycles. The van der Waals surface area contributed by atoms with E-state index in [0.717, 1.165) is 0 Å². The van der Waals surface area contributed by atoms with Crippen molar-refractivity contribution in [3.63, 3.8) is 0 Å². The highest BCUT2D eigenvalue weighted by Gasteiger charge is 2.21. The van der Waals surface area contributed by atoms with Crippen LogP contribution in [0.3, 0.4) is 0 Å². The molecule has 0 aromatic heterocycles. The van der Waals surface area contributed by atoms with Crippen LogP contribution >= 0.6 is 0 Å². The van der Waals surface area contributed by atoms with Gasteiger partial charge in [-0.05, 0) is 6.07 Å². The number of Topliss-reactive ketones (excluding diaryl/α,β-unsaturated/α-hetero) is 1. The molecule has 2 rings (SSSR count). The lowest BCUT2D eigenvalue weighted by Gasteiger charge is -2.08. The molecule has 1 heterocycles. The Morgan fingerprint density at radius 3 is 2.53 bits per heavy atom. The number of carbonyl (C=O) groups excluding carboxylic acids is 2. The standard InChI is InChI=1S/C12H12O5/c1-3-9(14)8-4-11-12(16-6-15-11)5-10(8)17-7(2)13/h4-5H,3,6H2,1-2H3. The van der Waals surface area contributed by atoms with Gasteiger partial charge in [0.15, 0.2) is 17.3 Å². The summed E-state index contributed by atoms with van der Waals surface area (Å²) in [6.07, 6.45) is 0.327. The van der Waals surface area contributed by atoms with Crippen LogP contribution in [0.1, 0.15) is 30.6 Å². The van der Waals surface area contributed by atoms with Gasteiger partial charge in [-0.15, -0.1) is 0 Å². The van der Waals surface area contributed by atoms with E-state index < -0.39 is 5.97 Å². The molecule has 17 heavy (non-hydrogen) atoms. The van der Waals surface area contributed by atoms with Gasteiger partial charge in [-0.2, -0.15) is 0 Å². The Balaban J connectivity index is 2.46. The van der Waals surface area contributed by atoms with Crippen LogP contribution < -0.4 is 14.2 Å². The lowest BCUT2D eigenvalue weighted by molar-refractivity contribution is -0.131. The van der Waals surface area contributed by atoms with Crippen molar-refractivity contribution in [2.75, 3.05) is 6.79 Å². The van der Waals surface area contributed by atoms with Crippen molar-refractivity contribution < 1.29 is 23.8 Å². The third-order valence-electron chi connectivity index (χ3n) is 2.35. The highest BCUT2D eigenvalue weighted by atomic mass is 16.7. The molecule has 1 aliphatic heterocycles. The van der Waals surface area contributed by atoms with Crippen molar-refractivity contribution >= 4 is 11.8 Å². The van der Waals surface area contributed by atoms with E-state index in [1.54, 1.807) is 13.0 Å². The van der Waals surface area contributed by atoms with Gasteiger partial charge in [-0.3, -0.25) is 9.59 Å². The van der Waals surface area contributed by atoms with Crippen molar-refractivity contribution in [3.05, 3.63) is 17.7 Å². The SMILES string of the molecule is CCC(=O)c1cc2c(cc1OC(C)=O)OCO2. The summed E-state index contributed by atoms with van der Waals surface area (Å²) in [6, 6.07) is 3.05. The molecule has 5 heteroatoms. The van der Waals surface area contributed by atoms with Crippen molar-refractivity contribution in [2.24, 2.45) is 0 Å². The smallest absolute Gasteiger partial charge is 0.308 e. The fourth-order valence-corrected chi connectivity index (χ4v) is 1.57. The van der Waals surface area contributed by atoms with Crippen molar-refractivity contribution in [1.82, 2.24) is 0 Å². The first-order chi connectivity index (χ1) is 8.11. The summed E-state index contributed by atoms with van der Waals surface area (Å²) in [5.41, 5.74) is 0.340. The molecular weight excluding hydrogens is 224 g/mol. The molecule has 0 bridgehead atoms. The number of benzene rings is 1. The number of hydrogen-bond donors (Lipinski definition) is 0. The van der Waals surface area contributed by atoms with E-state index in [4.69, 9.17) is 14.2 Å². The van der Waals surface area contributed by atoms with Gasteiger partial charge in [0.05, 0.1) is 5.56 Å². The highest BCUT2D eigenvalue weighted by Crippen LogP contribution is 2.38. The number of esters is 1. The zero-order valence-corrected chi connectivity index (χ0v) is 9.61. The summed E-state index contributed by atoms with van der Waals surface area (Å²) in [5, 5.41) is 0. The summed E-state index contributed by atoms with van der Waals surface area (Å²) < 4.78 is 15.3. The third-order valence-corrected chi connectivity index (χ3v) is 2.35. The Labute approximate surface area is 98.3 Å². The quantitative estimate of drug-likeness (QED) is 0.456. The zero-order valence-electron chi connectivity index (χ0n) is 9.61. The van der Waals surface area contributed by atoms with Gasteiger partial charge in [0, 0.05) is 19.4 Å². The Kier molecular flexibility index (Phi) is 2.99. The first-order valence-electron chi connectivity index (χ1n) is 5.27.